The Bertz CT molecular complexity index is 1710. The van der Waals surface area contributed by atoms with Crippen LogP contribution >= 0.6 is 0 Å². The molecule has 5 rings (SSSR count). The van der Waals surface area contributed by atoms with E-state index in [1.165, 1.54) is 15.2 Å². The molecule has 0 spiro atoms. The minimum Gasteiger partial charge on any atom is -0.445 e. The van der Waals surface area contributed by atoms with Crippen molar-refractivity contribution < 1.29 is 23.5 Å². The minimum absolute atomic E-state index is 0.0577. The summed E-state index contributed by atoms with van der Waals surface area (Å²) in [7, 11) is 0. The third-order valence-electron chi connectivity index (χ3n) is 8.40. The SMILES string of the molecule is CCNC(=O)OCc1ccc(C(=O)CC2CCCN(C(=O)Nc3cc4c(=O)n(CC5CC5)c(=O)n(C(C)C)c4cc3F)C2)cc1. The van der Waals surface area contributed by atoms with Gasteiger partial charge in [0.15, 0.2) is 5.78 Å². The topological polar surface area (TPSA) is 132 Å². The van der Waals surface area contributed by atoms with E-state index in [4.69, 9.17) is 4.74 Å². The summed E-state index contributed by atoms with van der Waals surface area (Å²) in [5.41, 5.74) is 0.402. The molecule has 1 aromatic heterocycles. The Morgan fingerprint density at radius 1 is 1.04 bits per heavy atom. The first-order valence-electron chi connectivity index (χ1n) is 15.6. The first-order valence-corrected chi connectivity index (χ1v) is 15.6. The van der Waals surface area contributed by atoms with Crippen LogP contribution in [0.25, 0.3) is 10.9 Å². The Labute approximate surface area is 260 Å². The number of anilines is 1. The number of alkyl carbamates (subject to hydrolysis) is 1. The van der Waals surface area contributed by atoms with Gasteiger partial charge in [0.2, 0.25) is 0 Å². The van der Waals surface area contributed by atoms with Crippen LogP contribution in [0.1, 0.15) is 74.8 Å². The van der Waals surface area contributed by atoms with E-state index in [-0.39, 0.29) is 53.3 Å². The van der Waals surface area contributed by atoms with Gasteiger partial charge < -0.3 is 20.3 Å². The number of piperidine rings is 1. The van der Waals surface area contributed by atoms with Crippen molar-refractivity contribution in [1.29, 1.82) is 0 Å². The summed E-state index contributed by atoms with van der Waals surface area (Å²) in [6.45, 7) is 7.07. The molecular formula is C33H40FN5O6. The Hall–Kier alpha value is -4.48. The molecule has 1 aliphatic carbocycles. The molecule has 2 aromatic carbocycles. The summed E-state index contributed by atoms with van der Waals surface area (Å²) in [5, 5.41) is 5.35. The van der Waals surface area contributed by atoms with Gasteiger partial charge in [0.25, 0.3) is 5.56 Å². The van der Waals surface area contributed by atoms with Gasteiger partial charge in [-0.15, -0.1) is 0 Å². The van der Waals surface area contributed by atoms with Crippen LogP contribution in [-0.4, -0.2) is 51.6 Å². The molecule has 1 unspecified atom stereocenters. The summed E-state index contributed by atoms with van der Waals surface area (Å²) in [5.74, 6) is -0.592. The van der Waals surface area contributed by atoms with E-state index in [0.717, 1.165) is 30.9 Å². The number of halogens is 1. The maximum absolute atomic E-state index is 15.3. The van der Waals surface area contributed by atoms with Crippen LogP contribution in [0.15, 0.2) is 46.0 Å². The summed E-state index contributed by atoms with van der Waals surface area (Å²) in [6, 6.07) is 8.53. The highest BCUT2D eigenvalue weighted by Gasteiger charge is 2.28. The molecule has 2 fully saturated rings. The fourth-order valence-corrected chi connectivity index (χ4v) is 5.83. The lowest BCUT2D eigenvalue weighted by Crippen LogP contribution is -2.43. The summed E-state index contributed by atoms with van der Waals surface area (Å²) < 4.78 is 23.1. The highest BCUT2D eigenvalue weighted by atomic mass is 19.1. The number of likely N-dealkylation sites (tertiary alicyclic amines) is 1. The van der Waals surface area contributed by atoms with E-state index in [1.807, 2.05) is 0 Å². The predicted octanol–water partition coefficient (Wildman–Crippen LogP) is 5.06. The van der Waals surface area contributed by atoms with Gasteiger partial charge in [-0.25, -0.2) is 18.8 Å². The van der Waals surface area contributed by atoms with Crippen molar-refractivity contribution in [2.75, 3.05) is 25.0 Å². The Morgan fingerprint density at radius 2 is 1.78 bits per heavy atom. The molecule has 1 saturated heterocycles. The van der Waals surface area contributed by atoms with Gasteiger partial charge in [-0.1, -0.05) is 24.3 Å². The van der Waals surface area contributed by atoms with E-state index >= 15 is 4.39 Å². The maximum atomic E-state index is 15.3. The standard InChI is InChI=1S/C33H40FN5O6/c1-4-35-32(43)45-19-22-9-11-24(12-10-22)29(40)14-23-6-5-13-37(17-23)31(42)36-27-15-25-28(16-26(27)34)39(20(2)3)33(44)38(30(25)41)18-21-7-8-21/h9-12,15-16,20-21,23H,4-8,13-14,17-19H2,1-3H3,(H,35,43)(H,36,42). The molecule has 2 N–H and O–H groups in total. The molecule has 0 bridgehead atoms. The number of nitrogens with zero attached hydrogens (tertiary/aromatic N) is 3. The number of ether oxygens (including phenoxy) is 1. The highest BCUT2D eigenvalue weighted by Crippen LogP contribution is 2.30. The number of urea groups is 1. The molecular weight excluding hydrogens is 581 g/mol. The Balaban J connectivity index is 1.25. The lowest BCUT2D eigenvalue weighted by molar-refractivity contribution is 0.0930. The van der Waals surface area contributed by atoms with Crippen molar-refractivity contribution in [2.45, 2.75) is 72.1 Å². The average Bonchev–Trinajstić information content (AvgIpc) is 3.84. The van der Waals surface area contributed by atoms with Crippen LogP contribution in [0.2, 0.25) is 0 Å². The monoisotopic (exact) mass is 621 g/mol. The molecule has 12 heteroatoms. The third kappa shape index (κ3) is 7.43. The number of ketones is 1. The van der Waals surface area contributed by atoms with Crippen LogP contribution in [-0.2, 0) is 17.9 Å². The summed E-state index contributed by atoms with van der Waals surface area (Å²) in [6.07, 6.45) is 3.12. The van der Waals surface area contributed by atoms with E-state index in [9.17, 15) is 24.0 Å². The normalized spacial score (nSPS) is 16.6. The quantitative estimate of drug-likeness (QED) is 0.305. The molecule has 1 atom stereocenters. The highest BCUT2D eigenvalue weighted by molar-refractivity contribution is 5.96. The maximum Gasteiger partial charge on any atom is 0.407 e. The molecule has 3 aromatic rings. The van der Waals surface area contributed by atoms with Gasteiger partial charge in [0.1, 0.15) is 12.4 Å². The molecule has 1 aliphatic heterocycles. The second-order valence-corrected chi connectivity index (χ2v) is 12.3. The fourth-order valence-electron chi connectivity index (χ4n) is 5.83. The predicted molar refractivity (Wildman–Crippen MR) is 168 cm³/mol. The number of hydrogen-bond donors (Lipinski definition) is 2. The van der Waals surface area contributed by atoms with Gasteiger partial charge in [0.05, 0.1) is 16.6 Å². The number of benzene rings is 2. The molecule has 3 amide bonds. The van der Waals surface area contributed by atoms with Gasteiger partial charge >= 0.3 is 17.8 Å². The first-order chi connectivity index (χ1) is 21.5. The molecule has 2 aliphatic rings. The van der Waals surface area contributed by atoms with Crippen molar-refractivity contribution >= 4 is 34.5 Å². The van der Waals surface area contributed by atoms with Gasteiger partial charge in [-0.05, 0) is 69.9 Å². The average molecular weight is 622 g/mol. The molecule has 2 heterocycles. The second kappa shape index (κ2) is 13.7. The Morgan fingerprint density at radius 3 is 2.44 bits per heavy atom. The van der Waals surface area contributed by atoms with E-state index in [2.05, 4.69) is 10.6 Å². The smallest absolute Gasteiger partial charge is 0.407 e. The van der Waals surface area contributed by atoms with Gasteiger partial charge in [-0.3, -0.25) is 18.7 Å². The summed E-state index contributed by atoms with van der Waals surface area (Å²) >= 11 is 0. The molecule has 240 valence electrons. The van der Waals surface area contributed by atoms with Crippen molar-refractivity contribution in [3.63, 3.8) is 0 Å². The van der Waals surface area contributed by atoms with E-state index < -0.39 is 29.2 Å². The number of fused-ring (bicyclic) bond motifs is 1. The zero-order valence-electron chi connectivity index (χ0n) is 25.9. The lowest BCUT2D eigenvalue weighted by Gasteiger charge is -2.32. The first kappa shape index (κ1) is 31.9. The summed E-state index contributed by atoms with van der Waals surface area (Å²) in [4.78, 5) is 65.9. The second-order valence-electron chi connectivity index (χ2n) is 12.3. The van der Waals surface area contributed by atoms with Gasteiger partial charge in [0, 0.05) is 50.3 Å². The number of nitrogens with one attached hydrogen (secondary N) is 2. The van der Waals surface area contributed by atoms with E-state index in [0.29, 0.717) is 38.2 Å². The largest absolute Gasteiger partial charge is 0.445 e. The number of amides is 3. The van der Waals surface area contributed by atoms with Gasteiger partial charge in [-0.2, -0.15) is 0 Å². The van der Waals surface area contributed by atoms with Crippen LogP contribution in [0.3, 0.4) is 0 Å². The lowest BCUT2D eigenvalue weighted by atomic mass is 9.91. The Kier molecular flexibility index (Phi) is 9.69. The molecule has 1 saturated carbocycles. The van der Waals surface area contributed by atoms with Crippen LogP contribution in [0.4, 0.5) is 19.7 Å². The van der Waals surface area contributed by atoms with Crippen molar-refractivity contribution in [3.05, 3.63) is 74.2 Å². The molecule has 45 heavy (non-hydrogen) atoms. The van der Waals surface area contributed by atoms with Crippen molar-refractivity contribution in [1.82, 2.24) is 19.4 Å². The zero-order chi connectivity index (χ0) is 32.2. The number of carbonyl (C=O) groups is 3. The molecule has 11 nitrogen and oxygen atoms in total. The third-order valence-corrected chi connectivity index (χ3v) is 8.40. The van der Waals surface area contributed by atoms with Crippen LogP contribution in [0, 0.1) is 17.7 Å². The number of rotatable bonds is 10. The van der Waals surface area contributed by atoms with Crippen LogP contribution in [0.5, 0.6) is 0 Å². The molecule has 0 radical (unpaired) electrons. The van der Waals surface area contributed by atoms with Crippen LogP contribution < -0.4 is 21.9 Å². The number of Topliss-reactive ketones (excluding diaryl/α,β-unsaturated/α-hetero) is 1. The fraction of sp³-hybridized carbons (Fsp3) is 0.485. The number of aromatic nitrogens is 2. The van der Waals surface area contributed by atoms with Crippen molar-refractivity contribution in [2.24, 2.45) is 11.8 Å². The minimum atomic E-state index is -0.743. The van der Waals surface area contributed by atoms with Crippen molar-refractivity contribution in [3.8, 4) is 0 Å². The number of carbonyl (C=O) groups excluding carboxylic acids is 3. The zero-order valence-corrected chi connectivity index (χ0v) is 25.9. The van der Waals surface area contributed by atoms with E-state index in [1.54, 1.807) is 49.9 Å². The number of hydrogen-bond acceptors (Lipinski definition) is 6.